The summed E-state index contributed by atoms with van der Waals surface area (Å²) in [5.41, 5.74) is 4.15. The number of anilines is 2. The van der Waals surface area contributed by atoms with Gasteiger partial charge in [-0.1, -0.05) is 23.8 Å². The maximum absolute atomic E-state index is 12.8. The summed E-state index contributed by atoms with van der Waals surface area (Å²) in [7, 11) is 0. The molecule has 0 aliphatic carbocycles. The van der Waals surface area contributed by atoms with Gasteiger partial charge in [0.15, 0.2) is 0 Å². The largest absolute Gasteiger partial charge is 0.326 e. The van der Waals surface area contributed by atoms with Crippen LogP contribution in [0.15, 0.2) is 65.6 Å². The molecule has 6 nitrogen and oxygen atoms in total. The lowest BCUT2D eigenvalue weighted by molar-refractivity contribution is -0.114. The zero-order chi connectivity index (χ0) is 21.0. The van der Waals surface area contributed by atoms with E-state index in [0.717, 1.165) is 16.7 Å². The number of aryl methyl sites for hydroxylation is 2. The van der Waals surface area contributed by atoms with Gasteiger partial charge in [0, 0.05) is 24.5 Å². The van der Waals surface area contributed by atoms with Crippen LogP contribution in [0.25, 0.3) is 0 Å². The minimum Gasteiger partial charge on any atom is -0.326 e. The number of pyridine rings is 1. The number of carbonyl (C=O) groups is 2. The molecule has 0 saturated carbocycles. The molecule has 2 aromatic carbocycles. The van der Waals surface area contributed by atoms with Gasteiger partial charge in [0.2, 0.25) is 5.91 Å². The fourth-order valence-electron chi connectivity index (χ4n) is 3.03. The quantitative estimate of drug-likeness (QED) is 0.698. The third-order valence-corrected chi connectivity index (χ3v) is 4.57. The number of amides is 2. The summed E-state index contributed by atoms with van der Waals surface area (Å²) in [6.07, 6.45) is 1.68. The van der Waals surface area contributed by atoms with Gasteiger partial charge in [0.05, 0.1) is 6.54 Å². The van der Waals surface area contributed by atoms with Crippen molar-refractivity contribution in [3.63, 3.8) is 0 Å². The second-order valence-electron chi connectivity index (χ2n) is 7.00. The first-order valence-electron chi connectivity index (χ1n) is 9.28. The molecule has 0 saturated heterocycles. The number of carbonyl (C=O) groups excluding carboxylic acids is 2. The van der Waals surface area contributed by atoms with Crippen LogP contribution in [0.5, 0.6) is 0 Å². The van der Waals surface area contributed by atoms with Gasteiger partial charge < -0.3 is 15.2 Å². The molecular formula is C23H23N3O3. The summed E-state index contributed by atoms with van der Waals surface area (Å²) in [6, 6.07) is 16.0. The van der Waals surface area contributed by atoms with Crippen LogP contribution in [0.3, 0.4) is 0 Å². The molecule has 0 bridgehead atoms. The van der Waals surface area contributed by atoms with Crippen molar-refractivity contribution in [1.82, 2.24) is 4.57 Å². The first kappa shape index (κ1) is 20.1. The van der Waals surface area contributed by atoms with Crippen molar-refractivity contribution >= 4 is 23.2 Å². The highest BCUT2D eigenvalue weighted by molar-refractivity contribution is 6.04. The van der Waals surface area contributed by atoms with Crippen LogP contribution in [0.1, 0.15) is 34.0 Å². The van der Waals surface area contributed by atoms with Crippen molar-refractivity contribution < 1.29 is 9.59 Å². The van der Waals surface area contributed by atoms with Crippen LogP contribution in [-0.2, 0) is 11.3 Å². The SMILES string of the molecule is CC(=O)Nc1ccc(NC(=O)c2cccn(Cc3cc(C)ccc3C)c2=O)cc1. The molecule has 6 heteroatoms. The van der Waals surface area contributed by atoms with Gasteiger partial charge in [-0.05, 0) is 61.4 Å². The predicted molar refractivity (Wildman–Crippen MR) is 114 cm³/mol. The molecule has 2 amide bonds. The smallest absolute Gasteiger partial charge is 0.263 e. The van der Waals surface area contributed by atoms with Crippen LogP contribution < -0.4 is 16.2 Å². The molecule has 1 heterocycles. The Hall–Kier alpha value is -3.67. The third kappa shape index (κ3) is 4.99. The molecule has 0 fully saturated rings. The fourth-order valence-corrected chi connectivity index (χ4v) is 3.03. The molecule has 1 aromatic heterocycles. The van der Waals surface area contributed by atoms with Gasteiger partial charge in [0.1, 0.15) is 5.56 Å². The normalized spacial score (nSPS) is 10.4. The fraction of sp³-hybridized carbons (Fsp3) is 0.174. The van der Waals surface area contributed by atoms with Gasteiger partial charge >= 0.3 is 0 Å². The Morgan fingerprint density at radius 3 is 2.24 bits per heavy atom. The summed E-state index contributed by atoms with van der Waals surface area (Å²) in [6.45, 7) is 5.83. The summed E-state index contributed by atoms with van der Waals surface area (Å²) in [4.78, 5) is 36.5. The Kier molecular flexibility index (Phi) is 5.93. The molecule has 3 rings (SSSR count). The standard InChI is InChI=1S/C23H23N3O3/c1-15-6-7-16(2)18(13-15)14-26-12-4-5-21(23(26)29)22(28)25-20-10-8-19(9-11-20)24-17(3)27/h4-13H,14H2,1-3H3,(H,24,27)(H,25,28). The summed E-state index contributed by atoms with van der Waals surface area (Å²) >= 11 is 0. The molecule has 0 aliphatic rings. The van der Waals surface area contributed by atoms with Crippen LogP contribution in [-0.4, -0.2) is 16.4 Å². The van der Waals surface area contributed by atoms with Crippen molar-refractivity contribution in [2.75, 3.05) is 10.6 Å². The van der Waals surface area contributed by atoms with E-state index in [4.69, 9.17) is 0 Å². The minimum atomic E-state index is -0.474. The zero-order valence-corrected chi connectivity index (χ0v) is 16.7. The van der Waals surface area contributed by atoms with Crippen molar-refractivity contribution in [3.05, 3.63) is 93.4 Å². The van der Waals surface area contributed by atoms with Gasteiger partial charge in [-0.2, -0.15) is 0 Å². The van der Waals surface area contributed by atoms with Gasteiger partial charge in [-0.3, -0.25) is 14.4 Å². The zero-order valence-electron chi connectivity index (χ0n) is 16.7. The third-order valence-electron chi connectivity index (χ3n) is 4.57. The monoisotopic (exact) mass is 389 g/mol. The van der Waals surface area contributed by atoms with Gasteiger partial charge in [-0.15, -0.1) is 0 Å². The average Bonchev–Trinajstić information content (AvgIpc) is 2.67. The van der Waals surface area contributed by atoms with E-state index in [1.54, 1.807) is 36.5 Å². The second kappa shape index (κ2) is 8.56. The molecule has 3 aromatic rings. The Balaban J connectivity index is 1.79. The highest BCUT2D eigenvalue weighted by Crippen LogP contribution is 2.15. The van der Waals surface area contributed by atoms with E-state index in [1.165, 1.54) is 17.6 Å². The molecule has 29 heavy (non-hydrogen) atoms. The summed E-state index contributed by atoms with van der Waals surface area (Å²) in [5.74, 6) is -0.645. The number of rotatable bonds is 5. The first-order valence-corrected chi connectivity index (χ1v) is 9.28. The van der Waals surface area contributed by atoms with Crippen molar-refractivity contribution in [3.8, 4) is 0 Å². The lowest BCUT2D eigenvalue weighted by atomic mass is 10.1. The van der Waals surface area contributed by atoms with Crippen molar-refractivity contribution in [2.45, 2.75) is 27.3 Å². The van der Waals surface area contributed by atoms with E-state index < -0.39 is 5.91 Å². The van der Waals surface area contributed by atoms with Crippen LogP contribution >= 0.6 is 0 Å². The average molecular weight is 389 g/mol. The second-order valence-corrected chi connectivity index (χ2v) is 7.00. The molecule has 2 N–H and O–H groups in total. The molecule has 0 unspecified atom stereocenters. The Morgan fingerprint density at radius 2 is 1.59 bits per heavy atom. The summed E-state index contributed by atoms with van der Waals surface area (Å²) in [5, 5.41) is 5.39. The summed E-state index contributed by atoms with van der Waals surface area (Å²) < 4.78 is 1.54. The van der Waals surface area contributed by atoms with E-state index >= 15 is 0 Å². The number of nitrogens with zero attached hydrogens (tertiary/aromatic N) is 1. The van der Waals surface area contributed by atoms with Crippen LogP contribution in [0, 0.1) is 13.8 Å². The molecular weight excluding hydrogens is 366 g/mol. The Bertz CT molecular complexity index is 1110. The van der Waals surface area contributed by atoms with Crippen molar-refractivity contribution in [1.29, 1.82) is 0 Å². The van der Waals surface area contributed by atoms with Gasteiger partial charge in [-0.25, -0.2) is 0 Å². The molecule has 0 spiro atoms. The highest BCUT2D eigenvalue weighted by Gasteiger charge is 2.13. The van der Waals surface area contributed by atoms with E-state index in [9.17, 15) is 14.4 Å². The Labute approximate surface area is 169 Å². The molecule has 0 aliphatic heterocycles. The highest BCUT2D eigenvalue weighted by atomic mass is 16.2. The Morgan fingerprint density at radius 1 is 0.931 bits per heavy atom. The number of benzene rings is 2. The van der Waals surface area contributed by atoms with Crippen molar-refractivity contribution in [2.24, 2.45) is 0 Å². The van der Waals surface area contributed by atoms with Crippen LogP contribution in [0.2, 0.25) is 0 Å². The lowest BCUT2D eigenvalue weighted by Gasteiger charge is -2.11. The molecule has 0 radical (unpaired) electrons. The number of hydrogen-bond acceptors (Lipinski definition) is 3. The predicted octanol–water partition coefficient (Wildman–Crippen LogP) is 3.72. The van der Waals surface area contributed by atoms with Gasteiger partial charge in [0.25, 0.3) is 11.5 Å². The maximum Gasteiger partial charge on any atom is 0.263 e. The number of aromatic nitrogens is 1. The molecule has 0 atom stereocenters. The molecule has 148 valence electrons. The number of nitrogens with one attached hydrogen (secondary N) is 2. The first-order chi connectivity index (χ1) is 13.8. The van der Waals surface area contributed by atoms with E-state index in [-0.39, 0.29) is 17.0 Å². The topological polar surface area (TPSA) is 80.2 Å². The lowest BCUT2D eigenvalue weighted by Crippen LogP contribution is -2.29. The maximum atomic E-state index is 12.8. The minimum absolute atomic E-state index is 0.0729. The van der Waals surface area contributed by atoms with E-state index in [2.05, 4.69) is 10.6 Å². The number of hydrogen-bond donors (Lipinski definition) is 2. The van der Waals surface area contributed by atoms with E-state index in [0.29, 0.717) is 17.9 Å². The van der Waals surface area contributed by atoms with Crippen LogP contribution in [0.4, 0.5) is 11.4 Å². The van der Waals surface area contributed by atoms with E-state index in [1.807, 2.05) is 32.0 Å².